The molecule has 0 fully saturated rings. The largest absolute Gasteiger partial charge is 0.322 e. The minimum atomic E-state index is -0.548. The highest BCUT2D eigenvalue weighted by molar-refractivity contribution is 5.96. The van der Waals surface area contributed by atoms with E-state index in [1.165, 1.54) is 0 Å². The highest BCUT2D eigenvalue weighted by atomic mass is 16.2. The molecule has 5 heteroatoms. The molecular formula is C14H26N4O. The maximum atomic E-state index is 12.2. The van der Waals surface area contributed by atoms with Crippen LogP contribution in [0, 0.1) is 19.3 Å². The van der Waals surface area contributed by atoms with Gasteiger partial charge in [0.25, 0.3) is 0 Å². The zero-order chi connectivity index (χ0) is 15.0. The number of hydrogen-bond donors (Lipinski definition) is 2. The van der Waals surface area contributed by atoms with E-state index in [0.29, 0.717) is 0 Å². The lowest BCUT2D eigenvalue weighted by Gasteiger charge is -2.25. The fraction of sp³-hybridized carbons (Fsp3) is 0.714. The first kappa shape index (κ1) is 15.7. The van der Waals surface area contributed by atoms with E-state index in [1.807, 2.05) is 39.3 Å². The Morgan fingerprint density at radius 1 is 1.32 bits per heavy atom. The van der Waals surface area contributed by atoms with Gasteiger partial charge in [-0.05, 0) is 33.1 Å². The first-order valence-corrected chi connectivity index (χ1v) is 6.67. The molecule has 0 radical (unpaired) electrons. The minimum absolute atomic E-state index is 0.165. The number of hydrogen-bond acceptors (Lipinski definition) is 3. The third-order valence-electron chi connectivity index (χ3n) is 3.28. The molecule has 108 valence electrons. The van der Waals surface area contributed by atoms with Gasteiger partial charge in [0, 0.05) is 6.04 Å². The summed E-state index contributed by atoms with van der Waals surface area (Å²) in [6, 6.07) is -0.283. The highest BCUT2D eigenvalue weighted by Crippen LogP contribution is 2.24. The predicted molar refractivity (Wildman–Crippen MR) is 78.1 cm³/mol. The average Bonchev–Trinajstić information content (AvgIpc) is 2.54. The molecule has 0 saturated carbocycles. The smallest absolute Gasteiger partial charge is 0.241 e. The summed E-state index contributed by atoms with van der Waals surface area (Å²) in [7, 11) is 0. The Balaban J connectivity index is 2.98. The van der Waals surface area contributed by atoms with Crippen LogP contribution in [0.15, 0.2) is 0 Å². The zero-order valence-electron chi connectivity index (χ0n) is 13.0. The number of carbonyl (C=O) groups excluding carboxylic acids is 1. The first-order valence-electron chi connectivity index (χ1n) is 6.67. The molecule has 0 aliphatic carbocycles. The number of amides is 1. The van der Waals surface area contributed by atoms with Crippen LogP contribution in [0.4, 0.5) is 5.69 Å². The summed E-state index contributed by atoms with van der Waals surface area (Å²) >= 11 is 0. The molecule has 1 rings (SSSR count). The van der Waals surface area contributed by atoms with Crippen molar-refractivity contribution >= 4 is 11.6 Å². The number of rotatable bonds is 3. The summed E-state index contributed by atoms with van der Waals surface area (Å²) < 4.78 is 1.91. The summed E-state index contributed by atoms with van der Waals surface area (Å²) in [6.45, 7) is 13.8. The second-order valence-corrected chi connectivity index (χ2v) is 6.42. The number of aromatic nitrogens is 2. The molecule has 1 atom stereocenters. The number of carbonyl (C=O) groups is 1. The Labute approximate surface area is 115 Å². The molecule has 0 aliphatic heterocycles. The van der Waals surface area contributed by atoms with Crippen LogP contribution < -0.4 is 11.1 Å². The third kappa shape index (κ3) is 3.35. The van der Waals surface area contributed by atoms with Gasteiger partial charge in [-0.3, -0.25) is 9.48 Å². The van der Waals surface area contributed by atoms with Gasteiger partial charge in [-0.1, -0.05) is 20.8 Å². The Bertz CT molecular complexity index is 469. The summed E-state index contributed by atoms with van der Waals surface area (Å²) in [4.78, 5) is 12.2. The molecule has 5 nitrogen and oxygen atoms in total. The van der Waals surface area contributed by atoms with Crippen LogP contribution in [0.2, 0.25) is 0 Å². The number of anilines is 1. The maximum Gasteiger partial charge on any atom is 0.241 e. The van der Waals surface area contributed by atoms with E-state index in [-0.39, 0.29) is 17.4 Å². The van der Waals surface area contributed by atoms with Crippen molar-refractivity contribution in [2.45, 2.75) is 60.5 Å². The van der Waals surface area contributed by atoms with E-state index in [9.17, 15) is 4.79 Å². The fourth-order valence-corrected chi connectivity index (χ4v) is 1.94. The molecule has 0 aromatic carbocycles. The predicted octanol–water partition coefficient (Wildman–Crippen LogP) is 2.39. The maximum absolute atomic E-state index is 12.2. The van der Waals surface area contributed by atoms with Gasteiger partial charge in [0.1, 0.15) is 0 Å². The molecule has 1 aromatic rings. The van der Waals surface area contributed by atoms with Crippen LogP contribution in [0.3, 0.4) is 0 Å². The van der Waals surface area contributed by atoms with Gasteiger partial charge < -0.3 is 11.1 Å². The molecule has 0 aliphatic rings. The van der Waals surface area contributed by atoms with Crippen molar-refractivity contribution in [2.75, 3.05) is 5.32 Å². The van der Waals surface area contributed by atoms with Gasteiger partial charge >= 0.3 is 0 Å². The Morgan fingerprint density at radius 2 is 1.84 bits per heavy atom. The summed E-state index contributed by atoms with van der Waals surface area (Å²) in [5.74, 6) is -0.165. The van der Waals surface area contributed by atoms with Crippen molar-refractivity contribution in [3.63, 3.8) is 0 Å². The second kappa shape index (κ2) is 5.33. The van der Waals surface area contributed by atoms with Crippen LogP contribution >= 0.6 is 0 Å². The lowest BCUT2D eigenvalue weighted by molar-refractivity contribution is -0.119. The molecule has 0 unspecified atom stereocenters. The van der Waals surface area contributed by atoms with Crippen LogP contribution in [0.5, 0.6) is 0 Å². The number of nitrogens with two attached hydrogens (primary N) is 1. The van der Waals surface area contributed by atoms with Gasteiger partial charge in [-0.25, -0.2) is 0 Å². The van der Waals surface area contributed by atoms with Crippen molar-refractivity contribution < 1.29 is 4.79 Å². The fourth-order valence-electron chi connectivity index (χ4n) is 1.94. The summed E-state index contributed by atoms with van der Waals surface area (Å²) in [5.41, 5.74) is 8.26. The second-order valence-electron chi connectivity index (χ2n) is 6.42. The van der Waals surface area contributed by atoms with Crippen LogP contribution in [-0.4, -0.2) is 21.7 Å². The van der Waals surface area contributed by atoms with Crippen molar-refractivity contribution in [1.82, 2.24) is 9.78 Å². The zero-order valence-corrected chi connectivity index (χ0v) is 13.0. The van der Waals surface area contributed by atoms with Gasteiger partial charge in [0.05, 0.1) is 23.1 Å². The van der Waals surface area contributed by atoms with Crippen LogP contribution in [0.1, 0.15) is 52.0 Å². The first-order chi connectivity index (χ1) is 8.55. The quantitative estimate of drug-likeness (QED) is 0.882. The monoisotopic (exact) mass is 266 g/mol. The molecule has 1 aromatic heterocycles. The SMILES string of the molecule is Cc1nn(C(C)C)c(C)c1NC(=O)[C@@H](N)C(C)(C)C. The van der Waals surface area contributed by atoms with Gasteiger partial charge in [-0.2, -0.15) is 5.10 Å². The summed E-state index contributed by atoms with van der Waals surface area (Å²) in [5, 5.41) is 7.36. The van der Waals surface area contributed by atoms with E-state index < -0.39 is 6.04 Å². The Hall–Kier alpha value is -1.36. The lowest BCUT2D eigenvalue weighted by Crippen LogP contribution is -2.45. The molecule has 1 heterocycles. The normalized spacial score (nSPS) is 13.7. The van der Waals surface area contributed by atoms with E-state index in [4.69, 9.17) is 5.73 Å². The highest BCUT2D eigenvalue weighted by Gasteiger charge is 2.28. The van der Waals surface area contributed by atoms with Crippen molar-refractivity contribution in [3.05, 3.63) is 11.4 Å². The van der Waals surface area contributed by atoms with E-state index in [0.717, 1.165) is 17.1 Å². The van der Waals surface area contributed by atoms with E-state index in [2.05, 4.69) is 24.3 Å². The standard InChI is InChI=1S/C14H26N4O/c1-8(2)18-10(4)11(9(3)17-18)16-13(19)12(15)14(5,6)7/h8,12H,15H2,1-7H3,(H,16,19)/t12-/m1/s1. The van der Waals surface area contributed by atoms with Crippen LogP contribution in [0.25, 0.3) is 0 Å². The molecule has 19 heavy (non-hydrogen) atoms. The van der Waals surface area contributed by atoms with Crippen molar-refractivity contribution in [3.8, 4) is 0 Å². The third-order valence-corrected chi connectivity index (χ3v) is 3.28. The molecule has 0 bridgehead atoms. The van der Waals surface area contributed by atoms with Crippen molar-refractivity contribution in [1.29, 1.82) is 0 Å². The number of nitrogens with one attached hydrogen (secondary N) is 1. The number of aryl methyl sites for hydroxylation is 1. The summed E-state index contributed by atoms with van der Waals surface area (Å²) in [6.07, 6.45) is 0. The average molecular weight is 266 g/mol. The molecular weight excluding hydrogens is 240 g/mol. The molecule has 1 amide bonds. The Kier molecular flexibility index (Phi) is 4.40. The lowest BCUT2D eigenvalue weighted by atomic mass is 9.87. The van der Waals surface area contributed by atoms with E-state index in [1.54, 1.807) is 0 Å². The van der Waals surface area contributed by atoms with Gasteiger partial charge in [-0.15, -0.1) is 0 Å². The topological polar surface area (TPSA) is 72.9 Å². The molecule has 0 spiro atoms. The van der Waals surface area contributed by atoms with Gasteiger partial charge in [0.2, 0.25) is 5.91 Å². The molecule has 3 N–H and O–H groups in total. The van der Waals surface area contributed by atoms with Gasteiger partial charge in [0.15, 0.2) is 0 Å². The van der Waals surface area contributed by atoms with Crippen molar-refractivity contribution in [2.24, 2.45) is 11.1 Å². The van der Waals surface area contributed by atoms with Crippen LogP contribution in [-0.2, 0) is 4.79 Å². The number of nitrogens with zero attached hydrogens (tertiary/aromatic N) is 2. The minimum Gasteiger partial charge on any atom is -0.322 e. The molecule has 0 saturated heterocycles. The van der Waals surface area contributed by atoms with E-state index >= 15 is 0 Å². The Morgan fingerprint density at radius 3 is 2.21 bits per heavy atom.